The third kappa shape index (κ3) is 8.00. The van der Waals surface area contributed by atoms with Crippen LogP contribution in [0.3, 0.4) is 0 Å². The lowest BCUT2D eigenvalue weighted by molar-refractivity contribution is -0.166. The molecule has 3 rings (SSSR count). The second-order valence-corrected chi connectivity index (χ2v) is 9.35. The quantitative estimate of drug-likeness (QED) is 0.221. The second kappa shape index (κ2) is 12.9. The van der Waals surface area contributed by atoms with Gasteiger partial charge in [0, 0.05) is 29.5 Å². The van der Waals surface area contributed by atoms with Crippen LogP contribution >= 0.6 is 0 Å². The number of aliphatic hydroxyl groups excluding tert-OH is 1. The summed E-state index contributed by atoms with van der Waals surface area (Å²) in [6.07, 6.45) is 2.80. The lowest BCUT2D eigenvalue weighted by Crippen LogP contribution is -2.39. The molecule has 0 amide bonds. The Labute approximate surface area is 213 Å². The lowest BCUT2D eigenvalue weighted by atomic mass is 9.97. The zero-order valence-corrected chi connectivity index (χ0v) is 21.3. The standard InChI is InChI=1S/C30H34O6/c1-22(2)27-19-30(20-31,36-29(27)33)21-35-28(32)7-5-4-6-18-34-26-16-14-25(15-17-26)13-12-24-10-8-23(3)9-11-24/h8-11,14-17,31H,4-7,18-21H2,1-3H3. The summed E-state index contributed by atoms with van der Waals surface area (Å²) < 4.78 is 16.4. The van der Waals surface area contributed by atoms with Gasteiger partial charge in [0.2, 0.25) is 0 Å². The van der Waals surface area contributed by atoms with E-state index in [0.29, 0.717) is 18.6 Å². The Balaban J connectivity index is 1.31. The fraction of sp³-hybridized carbons (Fsp3) is 0.400. The Morgan fingerprint density at radius 2 is 1.64 bits per heavy atom. The number of rotatable bonds is 10. The number of benzene rings is 2. The molecule has 36 heavy (non-hydrogen) atoms. The van der Waals surface area contributed by atoms with Gasteiger partial charge in [0.05, 0.1) is 13.2 Å². The molecule has 1 heterocycles. The van der Waals surface area contributed by atoms with Crippen molar-refractivity contribution in [1.82, 2.24) is 0 Å². The molecule has 0 aliphatic carbocycles. The normalized spacial score (nSPS) is 16.7. The average molecular weight is 491 g/mol. The van der Waals surface area contributed by atoms with Gasteiger partial charge in [0.1, 0.15) is 12.4 Å². The molecule has 0 radical (unpaired) electrons. The van der Waals surface area contributed by atoms with Gasteiger partial charge < -0.3 is 19.3 Å². The van der Waals surface area contributed by atoms with E-state index in [1.54, 1.807) is 0 Å². The van der Waals surface area contributed by atoms with E-state index >= 15 is 0 Å². The number of cyclic esters (lactones) is 1. The van der Waals surface area contributed by atoms with Crippen LogP contribution in [-0.2, 0) is 19.1 Å². The maximum absolute atomic E-state index is 12.1. The number of esters is 2. The first kappa shape index (κ1) is 27.0. The van der Waals surface area contributed by atoms with E-state index in [1.807, 2.05) is 62.4 Å². The number of carbonyl (C=O) groups is 2. The number of allylic oxidation sites excluding steroid dienone is 1. The molecule has 2 aromatic carbocycles. The molecule has 0 spiro atoms. The highest BCUT2D eigenvalue weighted by Gasteiger charge is 2.44. The minimum Gasteiger partial charge on any atom is -0.494 e. The van der Waals surface area contributed by atoms with Crippen molar-refractivity contribution in [3.05, 3.63) is 76.4 Å². The minimum absolute atomic E-state index is 0.140. The maximum atomic E-state index is 12.1. The monoisotopic (exact) mass is 490 g/mol. The van der Waals surface area contributed by atoms with E-state index in [4.69, 9.17) is 14.2 Å². The predicted octanol–water partition coefficient (Wildman–Crippen LogP) is 4.89. The molecule has 1 N–H and O–H groups in total. The number of unbranched alkanes of at least 4 members (excludes halogenated alkanes) is 2. The van der Waals surface area contributed by atoms with E-state index in [1.165, 1.54) is 5.56 Å². The molecule has 2 aromatic rings. The van der Waals surface area contributed by atoms with Crippen LogP contribution < -0.4 is 4.74 Å². The molecule has 190 valence electrons. The van der Waals surface area contributed by atoms with Crippen molar-refractivity contribution in [3.63, 3.8) is 0 Å². The molecular formula is C30H34O6. The van der Waals surface area contributed by atoms with Crippen LogP contribution in [0.2, 0.25) is 0 Å². The average Bonchev–Trinajstić information content (AvgIpc) is 3.22. The van der Waals surface area contributed by atoms with Gasteiger partial charge in [0.15, 0.2) is 5.60 Å². The summed E-state index contributed by atoms with van der Waals surface area (Å²) >= 11 is 0. The van der Waals surface area contributed by atoms with Gasteiger partial charge in [-0.25, -0.2) is 4.79 Å². The minimum atomic E-state index is -1.17. The highest BCUT2D eigenvalue weighted by molar-refractivity contribution is 5.92. The zero-order valence-electron chi connectivity index (χ0n) is 21.3. The Bertz CT molecular complexity index is 1130. The first-order chi connectivity index (χ1) is 17.3. The van der Waals surface area contributed by atoms with E-state index < -0.39 is 11.6 Å². The number of aliphatic hydroxyl groups is 1. The van der Waals surface area contributed by atoms with Crippen LogP contribution in [0.5, 0.6) is 5.75 Å². The summed E-state index contributed by atoms with van der Waals surface area (Å²) in [7, 11) is 0. The fourth-order valence-electron chi connectivity index (χ4n) is 3.72. The Morgan fingerprint density at radius 1 is 1.00 bits per heavy atom. The van der Waals surface area contributed by atoms with Gasteiger partial charge in [-0.1, -0.05) is 35.1 Å². The maximum Gasteiger partial charge on any atom is 0.334 e. The third-order valence-electron chi connectivity index (χ3n) is 5.99. The van der Waals surface area contributed by atoms with Crippen LogP contribution in [0.1, 0.15) is 62.6 Å². The van der Waals surface area contributed by atoms with Crippen LogP contribution in [0, 0.1) is 18.8 Å². The summed E-state index contributed by atoms with van der Waals surface area (Å²) in [4.78, 5) is 24.1. The Kier molecular flexibility index (Phi) is 9.72. The van der Waals surface area contributed by atoms with Crippen LogP contribution in [0.25, 0.3) is 0 Å². The molecule has 1 atom stereocenters. The molecule has 1 saturated heterocycles. The first-order valence-corrected chi connectivity index (χ1v) is 12.3. The lowest BCUT2D eigenvalue weighted by Gasteiger charge is -2.24. The summed E-state index contributed by atoms with van der Waals surface area (Å²) in [5.74, 6) is 6.27. The van der Waals surface area contributed by atoms with Crippen molar-refractivity contribution in [2.45, 2.75) is 58.5 Å². The number of carbonyl (C=O) groups excluding carboxylic acids is 2. The molecule has 1 fully saturated rings. The van der Waals surface area contributed by atoms with Crippen molar-refractivity contribution in [1.29, 1.82) is 0 Å². The molecule has 1 aliphatic rings. The highest BCUT2D eigenvalue weighted by atomic mass is 16.6. The molecule has 1 aliphatic heterocycles. The van der Waals surface area contributed by atoms with Crippen molar-refractivity contribution in [3.8, 4) is 17.6 Å². The van der Waals surface area contributed by atoms with Crippen LogP contribution in [-0.4, -0.2) is 42.5 Å². The Morgan fingerprint density at radius 3 is 2.22 bits per heavy atom. The molecular weight excluding hydrogens is 456 g/mol. The van der Waals surface area contributed by atoms with Crippen molar-refractivity contribution in [2.75, 3.05) is 19.8 Å². The molecule has 0 bridgehead atoms. The van der Waals surface area contributed by atoms with E-state index in [-0.39, 0.29) is 32.0 Å². The third-order valence-corrected chi connectivity index (χ3v) is 5.99. The molecule has 0 saturated carbocycles. The van der Waals surface area contributed by atoms with E-state index in [0.717, 1.165) is 35.3 Å². The topological polar surface area (TPSA) is 82.1 Å². The molecule has 1 unspecified atom stereocenters. The highest BCUT2D eigenvalue weighted by Crippen LogP contribution is 2.32. The van der Waals surface area contributed by atoms with Gasteiger partial charge >= 0.3 is 11.9 Å². The fourth-order valence-corrected chi connectivity index (χ4v) is 3.72. The molecule has 6 nitrogen and oxygen atoms in total. The summed E-state index contributed by atoms with van der Waals surface area (Å²) in [5.41, 5.74) is 3.32. The van der Waals surface area contributed by atoms with Crippen molar-refractivity contribution in [2.24, 2.45) is 0 Å². The molecule has 0 aromatic heterocycles. The first-order valence-electron chi connectivity index (χ1n) is 12.3. The van der Waals surface area contributed by atoms with Gasteiger partial charge in [-0.2, -0.15) is 0 Å². The summed E-state index contributed by atoms with van der Waals surface area (Å²) in [5, 5.41) is 9.70. The summed E-state index contributed by atoms with van der Waals surface area (Å²) in [6.45, 7) is 5.71. The SMILES string of the molecule is CC(C)=C1CC(CO)(COC(=O)CCCCCOc2ccc(C#Cc3ccc(C)cc3)cc2)OC1=O. The smallest absolute Gasteiger partial charge is 0.334 e. The van der Waals surface area contributed by atoms with Gasteiger partial charge in [-0.15, -0.1) is 0 Å². The largest absolute Gasteiger partial charge is 0.494 e. The van der Waals surface area contributed by atoms with Gasteiger partial charge in [0.25, 0.3) is 0 Å². The Hall–Kier alpha value is -3.56. The van der Waals surface area contributed by atoms with Crippen LogP contribution in [0.4, 0.5) is 0 Å². The van der Waals surface area contributed by atoms with Crippen molar-refractivity contribution >= 4 is 11.9 Å². The predicted molar refractivity (Wildman–Crippen MR) is 137 cm³/mol. The number of ether oxygens (including phenoxy) is 3. The van der Waals surface area contributed by atoms with Crippen LogP contribution in [0.15, 0.2) is 59.7 Å². The molecule has 6 heteroatoms. The van der Waals surface area contributed by atoms with Crippen molar-refractivity contribution < 1.29 is 28.9 Å². The van der Waals surface area contributed by atoms with Gasteiger partial charge in [-0.3, -0.25) is 4.79 Å². The van der Waals surface area contributed by atoms with E-state index in [9.17, 15) is 14.7 Å². The van der Waals surface area contributed by atoms with Gasteiger partial charge in [-0.05, 0) is 76.4 Å². The number of aryl methyl sites for hydroxylation is 1. The number of hydrogen-bond acceptors (Lipinski definition) is 6. The second-order valence-electron chi connectivity index (χ2n) is 9.35. The number of hydrogen-bond donors (Lipinski definition) is 1. The van der Waals surface area contributed by atoms with E-state index in [2.05, 4.69) is 18.8 Å². The zero-order chi connectivity index (χ0) is 26.0. The summed E-state index contributed by atoms with van der Waals surface area (Å²) in [6, 6.07) is 15.8.